The molecule has 0 aromatic carbocycles. The van der Waals surface area contributed by atoms with Gasteiger partial charge in [0.2, 0.25) is 0 Å². The molecule has 0 aliphatic heterocycles. The maximum atomic E-state index is 12.9. The lowest BCUT2D eigenvalue weighted by molar-refractivity contribution is -0.137. The fraction of sp³-hybridized carbons (Fsp3) is 0.438. The predicted octanol–water partition coefficient (Wildman–Crippen LogP) is 2.68. The molecule has 142 valence electrons. The van der Waals surface area contributed by atoms with Crippen molar-refractivity contribution < 1.29 is 13.2 Å². The molecule has 3 N–H and O–H groups in total. The predicted molar refractivity (Wildman–Crippen MR) is 97.6 cm³/mol. The quantitative estimate of drug-likeness (QED) is 0.388. The van der Waals surface area contributed by atoms with Gasteiger partial charge in [-0.3, -0.25) is 4.99 Å². The van der Waals surface area contributed by atoms with E-state index in [1.54, 1.807) is 18.4 Å². The zero-order chi connectivity index (χ0) is 19.0. The number of aryl methyl sites for hydroxylation is 1. The van der Waals surface area contributed by atoms with Crippen LogP contribution in [-0.4, -0.2) is 42.6 Å². The molecule has 0 saturated heterocycles. The summed E-state index contributed by atoms with van der Waals surface area (Å²) >= 11 is 1.61. The number of nitrogens with zero attached hydrogens (tertiary/aromatic N) is 3. The van der Waals surface area contributed by atoms with Crippen LogP contribution in [0.1, 0.15) is 16.3 Å². The van der Waals surface area contributed by atoms with E-state index in [0.29, 0.717) is 19.0 Å². The number of pyridine rings is 1. The number of hydrogen-bond donors (Lipinski definition) is 3. The number of halogens is 3. The first-order valence-corrected chi connectivity index (χ1v) is 8.89. The van der Waals surface area contributed by atoms with Crippen molar-refractivity contribution in [3.8, 4) is 0 Å². The van der Waals surface area contributed by atoms with E-state index in [4.69, 9.17) is 0 Å². The van der Waals surface area contributed by atoms with Crippen molar-refractivity contribution in [2.75, 3.05) is 32.0 Å². The minimum atomic E-state index is -4.43. The van der Waals surface area contributed by atoms with Crippen LogP contribution in [0.5, 0.6) is 0 Å². The zero-order valence-electron chi connectivity index (χ0n) is 14.5. The van der Waals surface area contributed by atoms with Gasteiger partial charge in [-0.2, -0.15) is 13.2 Å². The van der Waals surface area contributed by atoms with Gasteiger partial charge in [0.15, 0.2) is 5.96 Å². The van der Waals surface area contributed by atoms with Crippen molar-refractivity contribution in [2.45, 2.75) is 19.5 Å². The molecule has 2 aromatic heterocycles. The number of guanidine groups is 1. The normalized spacial score (nSPS) is 12.1. The maximum absolute atomic E-state index is 12.9. The minimum Gasteiger partial charge on any atom is -0.368 e. The summed E-state index contributed by atoms with van der Waals surface area (Å²) in [4.78, 5) is 12.2. The second kappa shape index (κ2) is 9.37. The van der Waals surface area contributed by atoms with Crippen LogP contribution in [0.2, 0.25) is 0 Å². The molecule has 0 atom stereocenters. The van der Waals surface area contributed by atoms with E-state index in [2.05, 4.69) is 30.9 Å². The van der Waals surface area contributed by atoms with Gasteiger partial charge in [-0.1, -0.05) is 0 Å². The van der Waals surface area contributed by atoms with E-state index in [1.807, 2.05) is 12.3 Å². The van der Waals surface area contributed by atoms with Gasteiger partial charge >= 0.3 is 6.18 Å². The molecule has 0 unspecified atom stereocenters. The minimum absolute atomic E-state index is 0.177. The highest BCUT2D eigenvalue weighted by atomic mass is 32.1. The van der Waals surface area contributed by atoms with E-state index >= 15 is 0 Å². The molecule has 0 radical (unpaired) electrons. The molecule has 0 fully saturated rings. The molecule has 0 saturated carbocycles. The number of nitrogens with one attached hydrogen (secondary N) is 3. The fourth-order valence-electron chi connectivity index (χ4n) is 2.19. The van der Waals surface area contributed by atoms with Crippen LogP contribution in [0.25, 0.3) is 0 Å². The van der Waals surface area contributed by atoms with Crippen molar-refractivity contribution in [2.24, 2.45) is 4.99 Å². The van der Waals surface area contributed by atoms with Crippen LogP contribution in [0.15, 0.2) is 28.7 Å². The van der Waals surface area contributed by atoms with Crippen LogP contribution >= 0.6 is 11.3 Å². The number of thiazole rings is 1. The van der Waals surface area contributed by atoms with E-state index in [1.165, 1.54) is 12.3 Å². The third-order valence-corrected chi connectivity index (χ3v) is 4.21. The van der Waals surface area contributed by atoms with E-state index < -0.39 is 11.7 Å². The molecule has 0 bridgehead atoms. The van der Waals surface area contributed by atoms with Crippen molar-refractivity contribution in [3.63, 3.8) is 0 Å². The molecule has 10 heteroatoms. The van der Waals surface area contributed by atoms with E-state index in [-0.39, 0.29) is 12.4 Å². The Bertz CT molecular complexity index is 729. The van der Waals surface area contributed by atoms with Crippen LogP contribution in [0.4, 0.5) is 19.0 Å². The molecular weight excluding hydrogens is 365 g/mol. The van der Waals surface area contributed by atoms with Crippen molar-refractivity contribution >= 4 is 23.1 Å². The number of rotatable bonds is 7. The molecule has 2 rings (SSSR count). The lowest BCUT2D eigenvalue weighted by atomic mass is 10.2. The second-order valence-corrected chi connectivity index (χ2v) is 6.42. The van der Waals surface area contributed by atoms with Crippen LogP contribution in [0.3, 0.4) is 0 Å². The molecule has 0 aliphatic carbocycles. The zero-order valence-corrected chi connectivity index (χ0v) is 15.3. The van der Waals surface area contributed by atoms with Gasteiger partial charge in [0.05, 0.1) is 16.3 Å². The highest BCUT2D eigenvalue weighted by Crippen LogP contribution is 2.33. The number of aliphatic imine (C=N–C) groups is 1. The maximum Gasteiger partial charge on any atom is 0.419 e. The average molecular weight is 386 g/mol. The first kappa shape index (κ1) is 20.0. The topological polar surface area (TPSA) is 74.2 Å². The monoisotopic (exact) mass is 386 g/mol. The molecule has 2 heterocycles. The summed E-state index contributed by atoms with van der Waals surface area (Å²) in [5, 5.41) is 11.9. The SMILES string of the molecule is CN=C(NCCNc1ncccc1C(F)(F)F)NCCc1csc(C)n1. The summed E-state index contributed by atoms with van der Waals surface area (Å²) in [5.74, 6) is 0.402. The van der Waals surface area contributed by atoms with Gasteiger partial charge in [-0.05, 0) is 19.1 Å². The third-order valence-electron chi connectivity index (χ3n) is 3.39. The Morgan fingerprint density at radius 1 is 1.23 bits per heavy atom. The van der Waals surface area contributed by atoms with Gasteiger partial charge in [-0.15, -0.1) is 11.3 Å². The van der Waals surface area contributed by atoms with Crippen molar-refractivity contribution in [1.29, 1.82) is 0 Å². The average Bonchev–Trinajstić information content (AvgIpc) is 3.01. The Balaban J connectivity index is 1.73. The van der Waals surface area contributed by atoms with Crippen molar-refractivity contribution in [1.82, 2.24) is 20.6 Å². The highest BCUT2D eigenvalue weighted by Gasteiger charge is 2.33. The Kier molecular flexibility index (Phi) is 7.19. The second-order valence-electron chi connectivity index (χ2n) is 5.36. The Hall–Kier alpha value is -2.36. The largest absolute Gasteiger partial charge is 0.419 e. The summed E-state index contributed by atoms with van der Waals surface area (Å²) in [6, 6.07) is 2.27. The first-order valence-electron chi connectivity index (χ1n) is 8.01. The molecule has 0 amide bonds. The molecular formula is C16H21F3N6S. The standard InChI is InChI=1S/C16H21F3N6S/c1-11-25-12(10-26-11)5-7-23-15(20-2)24-9-8-22-14-13(16(17,18)19)4-3-6-21-14/h3-4,6,10H,5,7-9H2,1-2H3,(H,21,22)(H2,20,23,24). The van der Waals surface area contributed by atoms with Crippen molar-refractivity contribution in [3.05, 3.63) is 40.0 Å². The Morgan fingerprint density at radius 2 is 2.00 bits per heavy atom. The lowest BCUT2D eigenvalue weighted by Gasteiger charge is -2.14. The summed E-state index contributed by atoms with van der Waals surface area (Å²) in [6.45, 7) is 3.28. The molecule has 2 aromatic rings. The number of aromatic nitrogens is 2. The van der Waals surface area contributed by atoms with Crippen LogP contribution in [0, 0.1) is 6.92 Å². The Morgan fingerprint density at radius 3 is 2.65 bits per heavy atom. The lowest BCUT2D eigenvalue weighted by Crippen LogP contribution is -2.40. The smallest absolute Gasteiger partial charge is 0.368 e. The van der Waals surface area contributed by atoms with E-state index in [0.717, 1.165) is 23.2 Å². The van der Waals surface area contributed by atoms with Gasteiger partial charge in [0, 0.05) is 44.7 Å². The van der Waals surface area contributed by atoms with Crippen LogP contribution < -0.4 is 16.0 Å². The highest BCUT2D eigenvalue weighted by molar-refractivity contribution is 7.09. The van der Waals surface area contributed by atoms with Gasteiger partial charge in [0.25, 0.3) is 0 Å². The Labute approximate surface area is 154 Å². The molecule has 0 spiro atoms. The summed E-state index contributed by atoms with van der Waals surface area (Å²) < 4.78 is 38.7. The molecule has 26 heavy (non-hydrogen) atoms. The summed E-state index contributed by atoms with van der Waals surface area (Å²) in [7, 11) is 1.64. The fourth-order valence-corrected chi connectivity index (χ4v) is 2.84. The molecule has 6 nitrogen and oxygen atoms in total. The van der Waals surface area contributed by atoms with Gasteiger partial charge < -0.3 is 16.0 Å². The number of hydrogen-bond acceptors (Lipinski definition) is 5. The van der Waals surface area contributed by atoms with Gasteiger partial charge in [0.1, 0.15) is 5.82 Å². The summed E-state index contributed by atoms with van der Waals surface area (Å²) in [5.41, 5.74) is 0.244. The third kappa shape index (κ3) is 6.17. The summed E-state index contributed by atoms with van der Waals surface area (Å²) in [6.07, 6.45) is -2.34. The number of alkyl halides is 3. The first-order chi connectivity index (χ1) is 12.4. The number of anilines is 1. The molecule has 0 aliphatic rings. The van der Waals surface area contributed by atoms with Gasteiger partial charge in [-0.25, -0.2) is 9.97 Å². The van der Waals surface area contributed by atoms with E-state index in [9.17, 15) is 13.2 Å². The van der Waals surface area contributed by atoms with Crippen LogP contribution in [-0.2, 0) is 12.6 Å².